The average Bonchev–Trinajstić information content (AvgIpc) is 2.58. The van der Waals surface area contributed by atoms with Crippen LogP contribution >= 0.6 is 0 Å². The smallest absolute Gasteiger partial charge is 0.229 e. The zero-order valence-electron chi connectivity index (χ0n) is 13.7. The summed E-state index contributed by atoms with van der Waals surface area (Å²) in [6, 6.07) is 14.4. The van der Waals surface area contributed by atoms with E-state index in [9.17, 15) is 4.39 Å². The third kappa shape index (κ3) is 4.07. The van der Waals surface area contributed by atoms with Gasteiger partial charge < -0.3 is 10.6 Å². The van der Waals surface area contributed by atoms with E-state index in [1.807, 2.05) is 13.8 Å². The van der Waals surface area contributed by atoms with Gasteiger partial charge in [0.25, 0.3) is 0 Å². The molecule has 2 N–H and O–H groups in total. The summed E-state index contributed by atoms with van der Waals surface area (Å²) in [4.78, 5) is 8.72. The molecule has 24 heavy (non-hydrogen) atoms. The van der Waals surface area contributed by atoms with Crippen LogP contribution in [0, 0.1) is 19.7 Å². The molecule has 0 aliphatic rings. The van der Waals surface area contributed by atoms with Gasteiger partial charge in [-0.15, -0.1) is 0 Å². The van der Waals surface area contributed by atoms with Gasteiger partial charge in [-0.3, -0.25) is 0 Å². The van der Waals surface area contributed by atoms with Crippen molar-refractivity contribution in [2.24, 2.45) is 0 Å². The maximum atomic E-state index is 12.9. The second kappa shape index (κ2) is 7.08. The first-order valence-corrected chi connectivity index (χ1v) is 7.76. The number of aromatic nitrogens is 2. The molecule has 0 bridgehead atoms. The van der Waals surface area contributed by atoms with Crippen LogP contribution in [0.2, 0.25) is 0 Å². The highest BCUT2D eigenvalue weighted by Gasteiger charge is 2.03. The van der Waals surface area contributed by atoms with Gasteiger partial charge in [-0.2, -0.15) is 4.98 Å². The lowest BCUT2D eigenvalue weighted by molar-refractivity contribution is 0.627. The van der Waals surface area contributed by atoms with E-state index in [0.717, 1.165) is 16.8 Å². The standard InChI is InChI=1S/C19H19FN4/c1-13-3-4-14(2)17(11-13)23-19-21-10-9-18(24-19)22-12-15-5-7-16(20)8-6-15/h3-11H,12H2,1-2H3,(H2,21,22,23,24). The summed E-state index contributed by atoms with van der Waals surface area (Å²) in [6.07, 6.45) is 1.70. The Morgan fingerprint density at radius 2 is 1.79 bits per heavy atom. The van der Waals surface area contributed by atoms with Gasteiger partial charge in [0.2, 0.25) is 5.95 Å². The molecule has 0 aliphatic heterocycles. The highest BCUT2D eigenvalue weighted by atomic mass is 19.1. The molecule has 1 heterocycles. The summed E-state index contributed by atoms with van der Waals surface area (Å²) in [5.74, 6) is 1.01. The van der Waals surface area contributed by atoms with Crippen LogP contribution in [0.15, 0.2) is 54.7 Å². The molecule has 4 nitrogen and oxygen atoms in total. The van der Waals surface area contributed by atoms with Gasteiger partial charge in [0.05, 0.1) is 0 Å². The van der Waals surface area contributed by atoms with Gasteiger partial charge in [0, 0.05) is 18.4 Å². The number of anilines is 3. The first-order chi connectivity index (χ1) is 11.6. The van der Waals surface area contributed by atoms with Crippen LogP contribution in [0.5, 0.6) is 0 Å². The van der Waals surface area contributed by atoms with Crippen molar-refractivity contribution >= 4 is 17.5 Å². The average molecular weight is 322 g/mol. The van der Waals surface area contributed by atoms with E-state index in [0.29, 0.717) is 18.3 Å². The predicted molar refractivity (Wildman–Crippen MR) is 95.0 cm³/mol. The molecule has 122 valence electrons. The van der Waals surface area contributed by atoms with Crippen LogP contribution < -0.4 is 10.6 Å². The topological polar surface area (TPSA) is 49.8 Å². The van der Waals surface area contributed by atoms with Crippen molar-refractivity contribution in [2.75, 3.05) is 10.6 Å². The number of hydrogen-bond acceptors (Lipinski definition) is 4. The zero-order valence-corrected chi connectivity index (χ0v) is 13.7. The minimum absolute atomic E-state index is 0.235. The Morgan fingerprint density at radius 3 is 2.58 bits per heavy atom. The monoisotopic (exact) mass is 322 g/mol. The van der Waals surface area contributed by atoms with Crippen molar-refractivity contribution in [3.63, 3.8) is 0 Å². The van der Waals surface area contributed by atoms with Gasteiger partial charge in [-0.25, -0.2) is 9.37 Å². The van der Waals surface area contributed by atoms with E-state index < -0.39 is 0 Å². The molecule has 5 heteroatoms. The van der Waals surface area contributed by atoms with Crippen LogP contribution in [-0.2, 0) is 6.54 Å². The fourth-order valence-corrected chi connectivity index (χ4v) is 2.30. The fourth-order valence-electron chi connectivity index (χ4n) is 2.30. The number of nitrogens with one attached hydrogen (secondary N) is 2. The Balaban J connectivity index is 1.69. The number of hydrogen-bond donors (Lipinski definition) is 2. The molecular weight excluding hydrogens is 303 g/mol. The molecule has 0 unspecified atom stereocenters. The Labute approximate surface area is 140 Å². The Hall–Kier alpha value is -2.95. The Morgan fingerprint density at radius 1 is 1.00 bits per heavy atom. The molecule has 0 radical (unpaired) electrons. The summed E-state index contributed by atoms with van der Waals surface area (Å²) in [6.45, 7) is 4.66. The lowest BCUT2D eigenvalue weighted by atomic mass is 10.1. The van der Waals surface area contributed by atoms with Gasteiger partial charge >= 0.3 is 0 Å². The lowest BCUT2D eigenvalue weighted by Gasteiger charge is -2.11. The third-order valence-electron chi connectivity index (χ3n) is 3.68. The molecule has 3 aromatic rings. The molecule has 1 aromatic heterocycles. The largest absolute Gasteiger partial charge is 0.366 e. The van der Waals surface area contributed by atoms with Crippen molar-refractivity contribution in [2.45, 2.75) is 20.4 Å². The van der Waals surface area contributed by atoms with Crippen molar-refractivity contribution in [3.8, 4) is 0 Å². The maximum Gasteiger partial charge on any atom is 0.229 e. The SMILES string of the molecule is Cc1ccc(C)c(Nc2nccc(NCc3ccc(F)cc3)n2)c1. The van der Waals surface area contributed by atoms with Crippen molar-refractivity contribution < 1.29 is 4.39 Å². The molecule has 0 atom stereocenters. The van der Waals surface area contributed by atoms with Crippen molar-refractivity contribution in [3.05, 3.63) is 77.2 Å². The quantitative estimate of drug-likeness (QED) is 0.721. The minimum Gasteiger partial charge on any atom is -0.366 e. The normalized spacial score (nSPS) is 10.5. The van der Waals surface area contributed by atoms with Gasteiger partial charge in [0.1, 0.15) is 11.6 Å². The van der Waals surface area contributed by atoms with Crippen molar-refractivity contribution in [1.82, 2.24) is 9.97 Å². The molecule has 3 rings (SSSR count). The Bertz CT molecular complexity index is 831. The predicted octanol–water partition coefficient (Wildman–Crippen LogP) is 4.59. The van der Waals surface area contributed by atoms with E-state index in [1.54, 1.807) is 24.4 Å². The van der Waals surface area contributed by atoms with Gasteiger partial charge in [0.15, 0.2) is 0 Å². The van der Waals surface area contributed by atoms with Crippen LogP contribution in [0.25, 0.3) is 0 Å². The molecule has 0 saturated carbocycles. The van der Waals surface area contributed by atoms with E-state index >= 15 is 0 Å². The molecule has 0 aliphatic carbocycles. The summed E-state index contributed by atoms with van der Waals surface area (Å²) in [5, 5.41) is 6.47. The summed E-state index contributed by atoms with van der Waals surface area (Å²) < 4.78 is 12.9. The second-order valence-electron chi connectivity index (χ2n) is 5.69. The van der Waals surface area contributed by atoms with Crippen molar-refractivity contribution in [1.29, 1.82) is 0 Å². The first kappa shape index (κ1) is 15.9. The van der Waals surface area contributed by atoms with Gasteiger partial charge in [-0.1, -0.05) is 24.3 Å². The number of nitrogens with zero attached hydrogens (tertiary/aromatic N) is 2. The minimum atomic E-state index is -0.235. The molecule has 0 spiro atoms. The number of halogens is 1. The number of rotatable bonds is 5. The van der Waals surface area contributed by atoms with Crippen LogP contribution in [0.3, 0.4) is 0 Å². The summed E-state index contributed by atoms with van der Waals surface area (Å²) in [5.41, 5.74) is 4.28. The molecule has 0 amide bonds. The fraction of sp³-hybridized carbons (Fsp3) is 0.158. The maximum absolute atomic E-state index is 12.9. The van der Waals surface area contributed by atoms with E-state index in [4.69, 9.17) is 0 Å². The molecule has 0 fully saturated rings. The van der Waals surface area contributed by atoms with Crippen LogP contribution in [0.4, 0.5) is 21.8 Å². The second-order valence-corrected chi connectivity index (χ2v) is 5.69. The first-order valence-electron chi connectivity index (χ1n) is 7.76. The summed E-state index contributed by atoms with van der Waals surface area (Å²) >= 11 is 0. The molecule has 0 saturated heterocycles. The number of aryl methyl sites for hydroxylation is 2. The zero-order chi connectivity index (χ0) is 16.9. The van der Waals surface area contributed by atoms with E-state index in [2.05, 4.69) is 38.8 Å². The van der Waals surface area contributed by atoms with Gasteiger partial charge in [-0.05, 0) is 54.8 Å². The van der Waals surface area contributed by atoms with E-state index in [1.165, 1.54) is 17.7 Å². The molecule has 2 aromatic carbocycles. The summed E-state index contributed by atoms with van der Waals surface area (Å²) in [7, 11) is 0. The van der Waals surface area contributed by atoms with Crippen LogP contribution in [0.1, 0.15) is 16.7 Å². The number of benzene rings is 2. The lowest BCUT2D eigenvalue weighted by Crippen LogP contribution is -2.04. The Kier molecular flexibility index (Phi) is 4.70. The highest BCUT2D eigenvalue weighted by molar-refractivity contribution is 5.60. The third-order valence-corrected chi connectivity index (χ3v) is 3.68. The molecular formula is C19H19FN4. The van der Waals surface area contributed by atoms with E-state index in [-0.39, 0.29) is 5.82 Å². The highest BCUT2D eigenvalue weighted by Crippen LogP contribution is 2.20. The van der Waals surface area contributed by atoms with Crippen LogP contribution in [-0.4, -0.2) is 9.97 Å².